The molecule has 6 heteroatoms. The maximum atomic E-state index is 11.9. The average molecular weight is 296 g/mol. The van der Waals surface area contributed by atoms with E-state index in [-0.39, 0.29) is 5.57 Å². The van der Waals surface area contributed by atoms with Gasteiger partial charge >= 0.3 is 0 Å². The summed E-state index contributed by atoms with van der Waals surface area (Å²) < 4.78 is 0. The third-order valence-electron chi connectivity index (χ3n) is 3.72. The third kappa shape index (κ3) is 1.96. The number of nitrogens with zero attached hydrogens (tertiary/aromatic N) is 1. The summed E-state index contributed by atoms with van der Waals surface area (Å²) in [6.07, 6.45) is 2.40. The van der Waals surface area contributed by atoms with Crippen LogP contribution in [0.1, 0.15) is 18.1 Å². The van der Waals surface area contributed by atoms with Crippen molar-refractivity contribution < 1.29 is 19.2 Å². The Kier molecular flexibility index (Phi) is 3.02. The summed E-state index contributed by atoms with van der Waals surface area (Å²) in [7, 11) is 0. The molecule has 6 nitrogen and oxygen atoms in total. The molecule has 2 heterocycles. The third-order valence-corrected chi connectivity index (χ3v) is 3.72. The van der Waals surface area contributed by atoms with Crippen LogP contribution in [0.4, 0.5) is 5.69 Å². The number of nitrogens with one attached hydrogen (secondary N) is 1. The van der Waals surface area contributed by atoms with Crippen LogP contribution >= 0.6 is 0 Å². The summed E-state index contributed by atoms with van der Waals surface area (Å²) in [5, 5.41) is 2.22. The van der Waals surface area contributed by atoms with E-state index in [0.29, 0.717) is 16.8 Å². The monoisotopic (exact) mass is 296 g/mol. The Morgan fingerprint density at radius 2 is 1.55 bits per heavy atom. The Bertz CT molecular complexity index is 799. The van der Waals surface area contributed by atoms with Crippen LogP contribution in [0.15, 0.2) is 35.9 Å². The van der Waals surface area contributed by atoms with Gasteiger partial charge in [0.1, 0.15) is 0 Å². The molecule has 0 atom stereocenters. The smallest absolute Gasteiger partial charge is 0.259 e. The first-order valence-electron chi connectivity index (χ1n) is 6.64. The predicted molar refractivity (Wildman–Crippen MR) is 78.6 cm³/mol. The van der Waals surface area contributed by atoms with Gasteiger partial charge in [-0.25, -0.2) is 4.90 Å². The lowest BCUT2D eigenvalue weighted by Crippen LogP contribution is -2.30. The molecule has 0 radical (unpaired) electrons. The number of imide groups is 2. The number of hydrogen-bond acceptors (Lipinski definition) is 4. The van der Waals surface area contributed by atoms with Crippen molar-refractivity contribution in [3.05, 3.63) is 47.1 Å². The van der Waals surface area contributed by atoms with Gasteiger partial charge in [0.05, 0.1) is 11.3 Å². The summed E-state index contributed by atoms with van der Waals surface area (Å²) in [5.74, 6) is -1.77. The first-order chi connectivity index (χ1) is 10.4. The van der Waals surface area contributed by atoms with Crippen molar-refractivity contribution in [2.24, 2.45) is 0 Å². The molecule has 3 rings (SSSR count). The Balaban J connectivity index is 2.12. The number of hydrogen-bond donors (Lipinski definition) is 1. The van der Waals surface area contributed by atoms with Gasteiger partial charge in [0.2, 0.25) is 0 Å². The van der Waals surface area contributed by atoms with Gasteiger partial charge in [-0.1, -0.05) is 12.1 Å². The molecule has 0 fully saturated rings. The molecule has 0 bridgehead atoms. The van der Waals surface area contributed by atoms with Gasteiger partial charge in [-0.3, -0.25) is 24.5 Å². The van der Waals surface area contributed by atoms with E-state index in [1.54, 1.807) is 32.0 Å². The van der Waals surface area contributed by atoms with Crippen molar-refractivity contribution >= 4 is 34.9 Å². The molecule has 0 spiro atoms. The van der Waals surface area contributed by atoms with Gasteiger partial charge < -0.3 is 0 Å². The Morgan fingerprint density at radius 1 is 0.909 bits per heavy atom. The average Bonchev–Trinajstić information content (AvgIpc) is 2.92. The zero-order valence-electron chi connectivity index (χ0n) is 12.0. The number of anilines is 1. The van der Waals surface area contributed by atoms with Crippen molar-refractivity contribution in [1.82, 2.24) is 5.32 Å². The van der Waals surface area contributed by atoms with Crippen molar-refractivity contribution in [3.63, 3.8) is 0 Å². The van der Waals surface area contributed by atoms with Crippen LogP contribution in [-0.4, -0.2) is 23.6 Å². The number of benzene rings is 1. The largest absolute Gasteiger partial charge is 0.288 e. The van der Waals surface area contributed by atoms with E-state index in [1.807, 2.05) is 0 Å². The van der Waals surface area contributed by atoms with Gasteiger partial charge in [-0.2, -0.15) is 0 Å². The molecule has 1 N–H and O–H groups in total. The molecule has 2 aliphatic heterocycles. The van der Waals surface area contributed by atoms with Gasteiger partial charge in [-0.15, -0.1) is 0 Å². The van der Waals surface area contributed by atoms with E-state index in [9.17, 15) is 19.2 Å². The maximum Gasteiger partial charge on any atom is 0.259 e. The summed E-state index contributed by atoms with van der Waals surface area (Å²) in [5.41, 5.74) is 2.20. The Morgan fingerprint density at radius 3 is 2.09 bits per heavy atom. The minimum Gasteiger partial charge on any atom is -0.288 e. The lowest BCUT2D eigenvalue weighted by atomic mass is 9.99. The van der Waals surface area contributed by atoms with Gasteiger partial charge in [0, 0.05) is 17.7 Å². The first kappa shape index (κ1) is 13.9. The number of carbonyl (C=O) groups excluding carboxylic acids is 4. The molecule has 4 amide bonds. The van der Waals surface area contributed by atoms with Crippen molar-refractivity contribution in [2.45, 2.75) is 13.8 Å². The van der Waals surface area contributed by atoms with Crippen LogP contribution in [0, 0.1) is 6.92 Å². The summed E-state index contributed by atoms with van der Waals surface area (Å²) >= 11 is 0. The predicted octanol–water partition coefficient (Wildman–Crippen LogP) is 0.854. The standard InChI is InChI=1S/C16H12N2O4/c1-8-3-4-10(14-9(2)15(21)17-16(14)22)7-11(8)18-12(19)5-6-13(18)20/h3-7H,1-2H3,(H,17,21,22). The van der Waals surface area contributed by atoms with Gasteiger partial charge in [-0.05, 0) is 31.0 Å². The second kappa shape index (κ2) is 4.77. The van der Waals surface area contributed by atoms with E-state index in [2.05, 4.69) is 5.32 Å². The SMILES string of the molecule is CC1=C(c2ccc(C)c(N3C(=O)C=CC3=O)c2)C(=O)NC1=O. The van der Waals surface area contributed by atoms with Crippen LogP contribution in [0.25, 0.3) is 5.57 Å². The summed E-state index contributed by atoms with van der Waals surface area (Å²) in [4.78, 5) is 48.1. The fraction of sp³-hybridized carbons (Fsp3) is 0.125. The summed E-state index contributed by atoms with van der Waals surface area (Å²) in [6, 6.07) is 4.98. The van der Waals surface area contributed by atoms with E-state index in [0.717, 1.165) is 10.5 Å². The van der Waals surface area contributed by atoms with Crippen molar-refractivity contribution in [3.8, 4) is 0 Å². The number of carbonyl (C=O) groups is 4. The highest BCUT2D eigenvalue weighted by Gasteiger charge is 2.30. The zero-order chi connectivity index (χ0) is 16.0. The highest BCUT2D eigenvalue weighted by molar-refractivity contribution is 6.36. The van der Waals surface area contributed by atoms with E-state index in [1.165, 1.54) is 12.2 Å². The highest BCUT2D eigenvalue weighted by atomic mass is 16.2. The Labute approximate surface area is 126 Å². The first-order valence-corrected chi connectivity index (χ1v) is 6.64. The highest BCUT2D eigenvalue weighted by Crippen LogP contribution is 2.30. The fourth-order valence-electron chi connectivity index (χ4n) is 2.53. The zero-order valence-corrected chi connectivity index (χ0v) is 12.0. The molecule has 1 aromatic rings. The molecular formula is C16H12N2O4. The topological polar surface area (TPSA) is 83.6 Å². The molecule has 0 unspecified atom stereocenters. The van der Waals surface area contributed by atoms with Crippen LogP contribution in [-0.2, 0) is 19.2 Å². The lowest BCUT2D eigenvalue weighted by Gasteiger charge is -2.18. The molecule has 22 heavy (non-hydrogen) atoms. The van der Waals surface area contributed by atoms with E-state index in [4.69, 9.17) is 0 Å². The molecule has 1 aromatic carbocycles. The lowest BCUT2D eigenvalue weighted by molar-refractivity contribution is -0.124. The quantitative estimate of drug-likeness (QED) is 0.820. The van der Waals surface area contributed by atoms with Crippen LogP contribution in [0.3, 0.4) is 0 Å². The molecule has 2 aliphatic rings. The second-order valence-corrected chi connectivity index (χ2v) is 5.13. The molecule has 0 saturated heterocycles. The maximum absolute atomic E-state index is 11.9. The van der Waals surface area contributed by atoms with Gasteiger partial charge in [0.15, 0.2) is 0 Å². The van der Waals surface area contributed by atoms with Crippen LogP contribution < -0.4 is 10.2 Å². The van der Waals surface area contributed by atoms with E-state index >= 15 is 0 Å². The number of aryl methyl sites for hydroxylation is 1. The molecule has 0 saturated carbocycles. The van der Waals surface area contributed by atoms with Gasteiger partial charge in [0.25, 0.3) is 23.6 Å². The molecular weight excluding hydrogens is 284 g/mol. The van der Waals surface area contributed by atoms with Crippen LogP contribution in [0.5, 0.6) is 0 Å². The molecule has 0 aliphatic carbocycles. The second-order valence-electron chi connectivity index (χ2n) is 5.13. The minimum atomic E-state index is -0.477. The van der Waals surface area contributed by atoms with Crippen molar-refractivity contribution in [1.29, 1.82) is 0 Å². The summed E-state index contributed by atoms with van der Waals surface area (Å²) in [6.45, 7) is 3.32. The normalized spacial score (nSPS) is 17.8. The molecule has 110 valence electrons. The Hall–Kier alpha value is -3.02. The van der Waals surface area contributed by atoms with E-state index < -0.39 is 23.6 Å². The molecule has 0 aromatic heterocycles. The fourth-order valence-corrected chi connectivity index (χ4v) is 2.53. The number of amides is 4. The van der Waals surface area contributed by atoms with Crippen molar-refractivity contribution in [2.75, 3.05) is 4.90 Å². The number of rotatable bonds is 2. The minimum absolute atomic E-state index is 0.262. The van der Waals surface area contributed by atoms with Crippen LogP contribution in [0.2, 0.25) is 0 Å².